The molecule has 0 unspecified atom stereocenters. The van der Waals surface area contributed by atoms with Crippen molar-refractivity contribution in [3.05, 3.63) is 65.9 Å². The number of pyridine rings is 1. The molecule has 0 atom stereocenters. The molecule has 1 aromatic heterocycles. The van der Waals surface area contributed by atoms with Crippen molar-refractivity contribution in [2.24, 2.45) is 0 Å². The number of hydrogen-bond acceptors (Lipinski definition) is 1. The molecule has 0 amide bonds. The van der Waals surface area contributed by atoms with E-state index in [-0.39, 0.29) is 17.2 Å². The Labute approximate surface area is 132 Å². The molecule has 0 aliphatic heterocycles. The molecule has 0 saturated carbocycles. The van der Waals surface area contributed by atoms with E-state index >= 15 is 0 Å². The predicted molar refractivity (Wildman–Crippen MR) is 77.2 cm³/mol. The van der Waals surface area contributed by atoms with E-state index < -0.39 is 23.5 Å². The normalized spacial score (nSPS) is 12.6. The van der Waals surface area contributed by atoms with E-state index in [1.54, 1.807) is 24.4 Å². The maximum atomic E-state index is 12.9. The zero-order chi connectivity index (χ0) is 17.5. The van der Waals surface area contributed by atoms with Crippen molar-refractivity contribution in [3.8, 4) is 11.1 Å². The summed E-state index contributed by atoms with van der Waals surface area (Å²) in [5.41, 5.74) is -1.96. The van der Waals surface area contributed by atoms with Crippen LogP contribution in [0.25, 0.3) is 22.0 Å². The Morgan fingerprint density at radius 2 is 1.29 bits per heavy atom. The minimum absolute atomic E-state index is 0.117. The Bertz CT molecular complexity index is 863. The summed E-state index contributed by atoms with van der Waals surface area (Å²) in [4.78, 5) is 4.07. The Kier molecular flexibility index (Phi) is 3.74. The van der Waals surface area contributed by atoms with Gasteiger partial charge in [0.05, 0.1) is 16.6 Å². The SMILES string of the molecule is FC(F)(F)c1cc(-c2ccc3ncccc3c2)cc(C(F)(F)F)c1. The summed E-state index contributed by atoms with van der Waals surface area (Å²) in [5.74, 6) is 0. The molecule has 7 heteroatoms. The van der Waals surface area contributed by atoms with Crippen LogP contribution in [0, 0.1) is 0 Å². The van der Waals surface area contributed by atoms with Gasteiger partial charge in [0.1, 0.15) is 0 Å². The molecule has 0 radical (unpaired) electrons. The van der Waals surface area contributed by atoms with Crippen molar-refractivity contribution in [3.63, 3.8) is 0 Å². The smallest absolute Gasteiger partial charge is 0.256 e. The molecule has 0 saturated heterocycles. The molecule has 3 aromatic rings. The summed E-state index contributed by atoms with van der Waals surface area (Å²) in [5, 5.41) is 0.626. The van der Waals surface area contributed by atoms with Gasteiger partial charge in [0.2, 0.25) is 0 Å². The van der Waals surface area contributed by atoms with E-state index in [2.05, 4.69) is 4.98 Å². The van der Waals surface area contributed by atoms with Crippen LogP contribution in [-0.4, -0.2) is 4.98 Å². The molecular formula is C17H9F6N. The number of rotatable bonds is 1. The Balaban J connectivity index is 2.21. The lowest BCUT2D eigenvalue weighted by Crippen LogP contribution is -2.11. The fraction of sp³-hybridized carbons (Fsp3) is 0.118. The first kappa shape index (κ1) is 16.3. The largest absolute Gasteiger partial charge is 0.416 e. The van der Waals surface area contributed by atoms with Crippen LogP contribution in [0.4, 0.5) is 26.3 Å². The van der Waals surface area contributed by atoms with E-state index in [0.29, 0.717) is 23.0 Å². The lowest BCUT2D eigenvalue weighted by atomic mass is 9.98. The molecule has 2 aromatic carbocycles. The summed E-state index contributed by atoms with van der Waals surface area (Å²) in [6.45, 7) is 0. The van der Waals surface area contributed by atoms with Crippen LogP contribution in [0.1, 0.15) is 11.1 Å². The summed E-state index contributed by atoms with van der Waals surface area (Å²) in [6, 6.07) is 9.39. The van der Waals surface area contributed by atoms with Gasteiger partial charge in [-0.25, -0.2) is 0 Å². The third-order valence-electron chi connectivity index (χ3n) is 3.52. The minimum atomic E-state index is -4.87. The first-order valence-electron chi connectivity index (χ1n) is 6.79. The summed E-state index contributed by atoms with van der Waals surface area (Å²) < 4.78 is 77.6. The highest BCUT2D eigenvalue weighted by molar-refractivity contribution is 5.84. The third-order valence-corrected chi connectivity index (χ3v) is 3.52. The number of benzene rings is 2. The standard InChI is InChI=1S/C17H9F6N/c18-16(19,20)13-7-12(8-14(9-13)17(21,22)23)10-3-4-15-11(6-10)2-1-5-24-15/h1-9H. The number of aromatic nitrogens is 1. The lowest BCUT2D eigenvalue weighted by Gasteiger charge is -2.14. The maximum Gasteiger partial charge on any atom is 0.416 e. The van der Waals surface area contributed by atoms with Crippen LogP contribution in [0.15, 0.2) is 54.7 Å². The molecule has 124 valence electrons. The average Bonchev–Trinajstić information content (AvgIpc) is 2.52. The van der Waals surface area contributed by atoms with Gasteiger partial charge in [-0.15, -0.1) is 0 Å². The summed E-state index contributed by atoms with van der Waals surface area (Å²) in [7, 11) is 0. The van der Waals surface area contributed by atoms with Crippen LogP contribution in [0.5, 0.6) is 0 Å². The van der Waals surface area contributed by atoms with Crippen LogP contribution < -0.4 is 0 Å². The second kappa shape index (κ2) is 5.51. The van der Waals surface area contributed by atoms with Crippen LogP contribution in [0.2, 0.25) is 0 Å². The monoisotopic (exact) mass is 341 g/mol. The van der Waals surface area contributed by atoms with Crippen LogP contribution >= 0.6 is 0 Å². The first-order valence-corrected chi connectivity index (χ1v) is 6.79. The Morgan fingerprint density at radius 3 is 1.88 bits per heavy atom. The van der Waals surface area contributed by atoms with Gasteiger partial charge in [0.25, 0.3) is 0 Å². The molecule has 0 fully saturated rings. The molecule has 3 rings (SSSR count). The highest BCUT2D eigenvalue weighted by atomic mass is 19.4. The second-order valence-corrected chi connectivity index (χ2v) is 5.21. The Hall–Kier alpha value is -2.57. The molecule has 0 N–H and O–H groups in total. The van der Waals surface area contributed by atoms with E-state index in [4.69, 9.17) is 0 Å². The van der Waals surface area contributed by atoms with Crippen molar-refractivity contribution >= 4 is 10.9 Å². The van der Waals surface area contributed by atoms with Crippen molar-refractivity contribution in [2.45, 2.75) is 12.4 Å². The fourth-order valence-electron chi connectivity index (χ4n) is 2.38. The third kappa shape index (κ3) is 3.20. The maximum absolute atomic E-state index is 12.9. The van der Waals surface area contributed by atoms with E-state index in [1.807, 2.05) is 0 Å². The fourth-order valence-corrected chi connectivity index (χ4v) is 2.38. The molecule has 0 spiro atoms. The van der Waals surface area contributed by atoms with Gasteiger partial charge in [-0.05, 0) is 47.5 Å². The second-order valence-electron chi connectivity index (χ2n) is 5.21. The van der Waals surface area contributed by atoms with Gasteiger partial charge in [0, 0.05) is 11.6 Å². The van der Waals surface area contributed by atoms with Crippen molar-refractivity contribution in [1.29, 1.82) is 0 Å². The Morgan fingerprint density at radius 1 is 0.667 bits per heavy atom. The van der Waals surface area contributed by atoms with E-state index in [1.165, 1.54) is 12.1 Å². The number of nitrogens with zero attached hydrogens (tertiary/aromatic N) is 1. The van der Waals surface area contributed by atoms with Gasteiger partial charge in [-0.1, -0.05) is 12.1 Å². The highest BCUT2D eigenvalue weighted by Gasteiger charge is 2.36. The number of alkyl halides is 6. The topological polar surface area (TPSA) is 12.9 Å². The predicted octanol–water partition coefficient (Wildman–Crippen LogP) is 5.94. The molecular weight excluding hydrogens is 332 g/mol. The van der Waals surface area contributed by atoms with E-state index in [0.717, 1.165) is 0 Å². The average molecular weight is 341 g/mol. The van der Waals surface area contributed by atoms with Gasteiger partial charge >= 0.3 is 12.4 Å². The number of halogens is 6. The van der Waals surface area contributed by atoms with Crippen molar-refractivity contribution < 1.29 is 26.3 Å². The summed E-state index contributed by atoms with van der Waals surface area (Å²) in [6.07, 6.45) is -8.18. The molecule has 1 nitrogen and oxygen atoms in total. The van der Waals surface area contributed by atoms with Gasteiger partial charge in [-0.3, -0.25) is 4.98 Å². The summed E-state index contributed by atoms with van der Waals surface area (Å²) >= 11 is 0. The molecule has 0 bridgehead atoms. The van der Waals surface area contributed by atoms with Crippen LogP contribution in [-0.2, 0) is 12.4 Å². The quantitative estimate of drug-likeness (QED) is 0.499. The lowest BCUT2D eigenvalue weighted by molar-refractivity contribution is -0.143. The molecule has 24 heavy (non-hydrogen) atoms. The first-order chi connectivity index (χ1) is 11.1. The van der Waals surface area contributed by atoms with E-state index in [9.17, 15) is 26.3 Å². The molecule has 1 heterocycles. The molecule has 0 aliphatic rings. The van der Waals surface area contributed by atoms with Gasteiger partial charge < -0.3 is 0 Å². The minimum Gasteiger partial charge on any atom is -0.256 e. The number of fused-ring (bicyclic) bond motifs is 1. The molecule has 0 aliphatic carbocycles. The number of hydrogen-bond donors (Lipinski definition) is 0. The van der Waals surface area contributed by atoms with Gasteiger partial charge in [0.15, 0.2) is 0 Å². The zero-order valence-electron chi connectivity index (χ0n) is 11.9. The highest BCUT2D eigenvalue weighted by Crippen LogP contribution is 2.38. The van der Waals surface area contributed by atoms with Crippen LogP contribution in [0.3, 0.4) is 0 Å². The van der Waals surface area contributed by atoms with Crippen molar-refractivity contribution in [1.82, 2.24) is 4.98 Å². The zero-order valence-corrected chi connectivity index (χ0v) is 11.9. The van der Waals surface area contributed by atoms with Crippen molar-refractivity contribution in [2.75, 3.05) is 0 Å². The van der Waals surface area contributed by atoms with Gasteiger partial charge in [-0.2, -0.15) is 26.3 Å².